The third-order valence-electron chi connectivity index (χ3n) is 21.5. The van der Waals surface area contributed by atoms with Gasteiger partial charge in [0.2, 0.25) is 0 Å². The lowest BCUT2D eigenvalue weighted by Gasteiger charge is -2.34. The smallest absolute Gasteiger partial charge is 0.121 e. The molecule has 0 heterocycles. The summed E-state index contributed by atoms with van der Waals surface area (Å²) in [5.41, 5.74) is 24.4. The van der Waals surface area contributed by atoms with Crippen molar-refractivity contribution in [3.63, 3.8) is 0 Å². The molecule has 0 aliphatic heterocycles. The van der Waals surface area contributed by atoms with E-state index in [9.17, 15) is 0 Å². The summed E-state index contributed by atoms with van der Waals surface area (Å²) in [6, 6.07) is 29.9. The molecule has 0 aromatic heterocycles. The largest absolute Gasteiger partial charge is 0.496 e. The van der Waals surface area contributed by atoms with Crippen LogP contribution in [0.1, 0.15) is 507 Å². The first-order chi connectivity index (χ1) is 56.3. The monoisotopic (exact) mass is 1760 g/mol. The van der Waals surface area contributed by atoms with E-state index >= 15 is 0 Å². The molecule has 0 N–H and O–H groups in total. The van der Waals surface area contributed by atoms with Crippen molar-refractivity contribution >= 4 is 0 Å². The van der Waals surface area contributed by atoms with E-state index in [1.807, 2.05) is 19.1 Å². The van der Waals surface area contributed by atoms with Gasteiger partial charge in [0.25, 0.3) is 0 Å². The second-order valence-corrected chi connectivity index (χ2v) is 49.4. The minimum absolute atomic E-state index is 0.437. The van der Waals surface area contributed by atoms with Crippen LogP contribution < -0.4 is 4.74 Å². The zero-order chi connectivity index (χ0) is 104. The predicted octanol–water partition coefficient (Wildman–Crippen LogP) is 44.6. The topological polar surface area (TPSA) is 9.23 Å². The van der Waals surface area contributed by atoms with Crippen molar-refractivity contribution in [1.82, 2.24) is 0 Å². The van der Waals surface area contributed by atoms with Crippen molar-refractivity contribution in [2.45, 2.75) is 528 Å². The SMILES string of the molecule is CC(C)(C)C.CC(C)(C)C(C)(C)C.CC(C)(C)CC(C)(C)C.CC(C)C.CC(C)C(C)(C)C.CC(C)C(C)C.CC(C)C(C)C(C)C.CC(C)CC(C)C.CCC.CCC(C)(C)C.CCCC.CCCC(C)(C)C.CCCCC.COc1ccc(C)cc1C.Cc1cc(C)c(C)c(C)c1C.Cc1ccc(C)c(C)c1.Cc1ccc(C)c(C)c1.Cc1cccc(C)c1. The highest BCUT2D eigenvalue weighted by Gasteiger charge is 2.27. The van der Waals surface area contributed by atoms with E-state index in [2.05, 4.69) is 523 Å². The summed E-state index contributed by atoms with van der Waals surface area (Å²) in [4.78, 5) is 0. The number of methoxy groups -OCH3 is 1. The third kappa shape index (κ3) is 131. The third-order valence-corrected chi connectivity index (χ3v) is 21.5. The summed E-state index contributed by atoms with van der Waals surface area (Å²) in [6.07, 6.45) is 14.5. The fourth-order valence-electron chi connectivity index (χ4n) is 9.44. The van der Waals surface area contributed by atoms with Crippen LogP contribution in [0.25, 0.3) is 0 Å². The standard InChI is InChI=1S/C11H16.C9H12O.2C9H12.C9H20.C8H10.2C8H18.3C7H16.2C6H14.2C5H12.2C4H10.C3H8/c1-7-6-8(2)10(4)11(5)9(7)3;1-7-4-5-9(10-3)8(2)6-7;2*1-7-4-5-8(2)9(3)6-7;1-8(2,3)7-9(4,5)6;1-7-4-3-5-8(2)6-7;1-7(2,3)8(4,5)6;1-6(2)8(5)7(3)4;1-6(2)7(3,4)5;1-6(2)5-7(3)4;1-5-6-7(2,3)4;1-5-6(2,3)4;1-5(2)6(3)4;1-5(2,3)4;1-3-5-4-2;1-4(2)3;1-3-4-2;1-3-2/h6H,1-5H3;4-6H,1-3H3;2*4-6H,1-3H3;7H2,1-6H3;3-6H,1-2H3;1-6H3;6-8H,1-5H3;6H,1-5H3;6-7H,5H2,1-4H3;5-6H2,1-4H3;5H2,1-4H3;5-6H,1-4H3;1-4H3;3-5H2,1-2H3;4H,1-3H3;3-4H2,1-2H3;3H2,1-2H3. The number of hydrogen-bond donors (Lipinski definition) is 0. The quantitative estimate of drug-likeness (QED) is 0.135. The van der Waals surface area contributed by atoms with Gasteiger partial charge in [-0.05, 0) is 281 Å². The van der Waals surface area contributed by atoms with Crippen molar-refractivity contribution < 1.29 is 4.74 Å². The molecule has 5 aromatic rings. The Balaban J connectivity index is -0.0000000983. The lowest BCUT2D eigenvalue weighted by molar-refractivity contribution is 0.157. The first-order valence-corrected chi connectivity index (χ1v) is 51.0. The summed E-state index contributed by atoms with van der Waals surface area (Å²) in [6.45, 7) is 146. The normalized spacial score (nSPS) is 10.9. The summed E-state index contributed by atoms with van der Waals surface area (Å²) < 4.78 is 5.10. The number of benzene rings is 5. The van der Waals surface area contributed by atoms with Gasteiger partial charge in [0.15, 0.2) is 0 Å². The molecule has 5 rings (SSSR count). The molecule has 1 heteroatoms. The molecule has 0 amide bonds. The van der Waals surface area contributed by atoms with Gasteiger partial charge in [-0.1, -0.05) is 511 Å². The van der Waals surface area contributed by atoms with Gasteiger partial charge < -0.3 is 4.74 Å². The Morgan fingerprint density at radius 2 is 0.548 bits per heavy atom. The van der Waals surface area contributed by atoms with Crippen molar-refractivity contribution in [2.24, 2.45) is 96.6 Å². The minimum Gasteiger partial charge on any atom is -0.496 e. The van der Waals surface area contributed by atoms with Crippen LogP contribution in [0.4, 0.5) is 0 Å². The summed E-state index contributed by atoms with van der Waals surface area (Å²) in [5, 5.41) is 0. The lowest BCUT2D eigenvalue weighted by Crippen LogP contribution is -2.25. The predicted molar refractivity (Wildman–Crippen MR) is 601 cm³/mol. The van der Waals surface area contributed by atoms with Gasteiger partial charge in [-0.15, -0.1) is 0 Å². The van der Waals surface area contributed by atoms with Gasteiger partial charge in [-0.25, -0.2) is 0 Å². The molecule has 0 saturated carbocycles. The molecule has 5 aromatic carbocycles. The van der Waals surface area contributed by atoms with Gasteiger partial charge in [-0.2, -0.15) is 0 Å². The zero-order valence-corrected chi connectivity index (χ0v) is 100. The molecule has 126 heavy (non-hydrogen) atoms. The molecule has 0 saturated heterocycles. The van der Waals surface area contributed by atoms with Crippen molar-refractivity contribution in [3.05, 3.63) is 168 Å². The highest BCUT2D eigenvalue weighted by atomic mass is 16.5. The van der Waals surface area contributed by atoms with Gasteiger partial charge >= 0.3 is 0 Å². The first-order valence-electron chi connectivity index (χ1n) is 51.0. The zero-order valence-electron chi connectivity index (χ0n) is 100. The summed E-state index contributed by atoms with van der Waals surface area (Å²) >= 11 is 0. The molecule has 0 unspecified atom stereocenters. The maximum absolute atomic E-state index is 5.10. The Labute approximate surface area is 805 Å². The van der Waals surface area contributed by atoms with Gasteiger partial charge in [0.05, 0.1) is 7.11 Å². The van der Waals surface area contributed by atoms with Crippen LogP contribution in [0.3, 0.4) is 0 Å². The summed E-state index contributed by atoms with van der Waals surface area (Å²) in [5.74, 6) is 8.60. The molecule has 0 radical (unpaired) electrons. The Morgan fingerprint density at radius 3 is 0.659 bits per heavy atom. The van der Waals surface area contributed by atoms with E-state index in [1.165, 1.54) is 154 Å². The molecular formula is C125H246O. The van der Waals surface area contributed by atoms with E-state index in [0.29, 0.717) is 43.3 Å². The number of aryl methyl sites for hydroxylation is 12. The van der Waals surface area contributed by atoms with Gasteiger partial charge in [0.1, 0.15) is 5.75 Å². The maximum Gasteiger partial charge on any atom is 0.121 e. The molecule has 1 nitrogen and oxygen atoms in total. The molecule has 0 bridgehead atoms. The fourth-order valence-corrected chi connectivity index (χ4v) is 9.44. The first kappa shape index (κ1) is 150. The van der Waals surface area contributed by atoms with Gasteiger partial charge in [-0.3, -0.25) is 0 Å². The lowest BCUT2D eigenvalue weighted by atomic mass is 9.71. The molecule has 0 fully saturated rings. The number of unbranched alkanes of at least 4 members (excludes halogenated alkanes) is 3. The Kier molecular flexibility index (Phi) is 98.7. The molecule has 752 valence electrons. The van der Waals surface area contributed by atoms with Crippen LogP contribution in [-0.4, -0.2) is 7.11 Å². The van der Waals surface area contributed by atoms with Crippen LogP contribution in [0.15, 0.2) is 84.9 Å². The second-order valence-electron chi connectivity index (χ2n) is 49.4. The van der Waals surface area contributed by atoms with E-state index in [0.717, 1.165) is 59.0 Å². The molecule has 0 spiro atoms. The average molecular weight is 1770 g/mol. The number of hydrogen-bond acceptors (Lipinski definition) is 1. The van der Waals surface area contributed by atoms with Crippen molar-refractivity contribution in [1.29, 1.82) is 0 Å². The van der Waals surface area contributed by atoms with Crippen LogP contribution in [0.2, 0.25) is 0 Å². The van der Waals surface area contributed by atoms with Crippen LogP contribution >= 0.6 is 0 Å². The molecular weight excluding hydrogens is 1520 g/mol. The minimum atomic E-state index is 0.437. The summed E-state index contributed by atoms with van der Waals surface area (Å²) in [7, 11) is 1.69. The maximum atomic E-state index is 5.10. The Hall–Kier alpha value is -4.10. The van der Waals surface area contributed by atoms with E-state index in [4.69, 9.17) is 4.74 Å². The van der Waals surface area contributed by atoms with Gasteiger partial charge in [0, 0.05) is 0 Å². The van der Waals surface area contributed by atoms with Crippen LogP contribution in [-0.2, 0) is 0 Å². The van der Waals surface area contributed by atoms with Crippen molar-refractivity contribution in [2.75, 3.05) is 7.11 Å². The van der Waals surface area contributed by atoms with E-state index in [-0.39, 0.29) is 0 Å². The fraction of sp³-hybridized carbons (Fsp3) is 0.760. The van der Waals surface area contributed by atoms with Crippen molar-refractivity contribution in [3.8, 4) is 5.75 Å². The Bertz CT molecular complexity index is 2980. The number of rotatable bonds is 10. The molecule has 0 atom stereocenters. The number of ether oxygens (including phenoxy) is 1. The highest BCUT2D eigenvalue weighted by Crippen LogP contribution is 2.37. The average Bonchev–Trinajstić information content (AvgIpc) is 0.832. The van der Waals surface area contributed by atoms with Crippen LogP contribution in [0.5, 0.6) is 5.75 Å². The Morgan fingerprint density at radius 1 is 0.286 bits per heavy atom. The second kappa shape index (κ2) is 82.8. The van der Waals surface area contributed by atoms with E-state index in [1.54, 1.807) is 7.11 Å². The molecule has 0 aliphatic rings. The van der Waals surface area contributed by atoms with E-state index < -0.39 is 0 Å². The molecule has 0 aliphatic carbocycles. The highest BCUT2D eigenvalue weighted by molar-refractivity contribution is 5.43. The van der Waals surface area contributed by atoms with Crippen LogP contribution in [0, 0.1) is 200 Å².